The van der Waals surface area contributed by atoms with E-state index in [-0.39, 0.29) is 7.92 Å². The van der Waals surface area contributed by atoms with Crippen LogP contribution in [0.5, 0.6) is 0 Å². The fourth-order valence-corrected chi connectivity index (χ4v) is 7.75. The van der Waals surface area contributed by atoms with Crippen LogP contribution in [-0.2, 0) is 0 Å². The lowest BCUT2D eigenvalue weighted by atomic mass is 10.1. The maximum absolute atomic E-state index is 2.44. The van der Waals surface area contributed by atoms with Crippen molar-refractivity contribution in [2.45, 2.75) is 57.5 Å². The summed E-state index contributed by atoms with van der Waals surface area (Å²) in [6, 6.07) is 8.87. The van der Waals surface area contributed by atoms with Gasteiger partial charge in [0.15, 0.2) is 0 Å². The van der Waals surface area contributed by atoms with Crippen LogP contribution in [0.15, 0.2) is 30.3 Å². The summed E-state index contributed by atoms with van der Waals surface area (Å²) in [4.78, 5) is 0. The molecule has 0 fully saturated rings. The average molecular weight is 260 g/mol. The summed E-state index contributed by atoms with van der Waals surface area (Å²) < 4.78 is 0. The minimum atomic E-state index is -0.117. The van der Waals surface area contributed by atoms with Gasteiger partial charge < -0.3 is 0 Å². The molecule has 18 heavy (non-hydrogen) atoms. The zero-order chi connectivity index (χ0) is 13.6. The van der Waals surface area contributed by atoms with E-state index in [1.54, 1.807) is 0 Å². The third-order valence-electron chi connectivity index (χ3n) is 3.50. The van der Waals surface area contributed by atoms with E-state index >= 15 is 0 Å². The topological polar surface area (TPSA) is 0 Å². The van der Waals surface area contributed by atoms with Gasteiger partial charge in [-0.3, -0.25) is 0 Å². The van der Waals surface area contributed by atoms with Gasteiger partial charge in [0.25, 0.3) is 0 Å². The summed E-state index contributed by atoms with van der Waals surface area (Å²) in [7, 11) is -0.117. The van der Waals surface area contributed by atoms with Crippen molar-refractivity contribution in [3.63, 3.8) is 0 Å². The van der Waals surface area contributed by atoms with Gasteiger partial charge >= 0.3 is 0 Å². The van der Waals surface area contributed by atoms with Gasteiger partial charge in [-0.05, 0) is 21.4 Å². The number of benzene rings is 1. The van der Waals surface area contributed by atoms with Gasteiger partial charge in [0.2, 0.25) is 0 Å². The van der Waals surface area contributed by atoms with E-state index in [1.165, 1.54) is 11.1 Å². The fraction of sp³-hybridized carbons (Fsp3) is 0.529. The smallest absolute Gasteiger partial charge is 0.0239 e. The molecule has 0 radical (unpaired) electrons. The second-order valence-corrected chi connectivity index (χ2v) is 11.1. The largest absolute Gasteiger partial charge is 0.0840 e. The van der Waals surface area contributed by atoms with Crippen molar-refractivity contribution in [1.82, 2.24) is 0 Å². The first-order chi connectivity index (χ1) is 8.21. The molecule has 2 rings (SSSR count). The Hall–Kier alpha value is -0.610. The molecule has 1 aliphatic carbocycles. The van der Waals surface area contributed by atoms with Crippen LogP contribution >= 0.6 is 7.92 Å². The summed E-state index contributed by atoms with van der Waals surface area (Å²) in [5.74, 6) is 0. The maximum Gasteiger partial charge on any atom is 0.0239 e. The number of hydrogen-bond acceptors (Lipinski definition) is 0. The van der Waals surface area contributed by atoms with Crippen LogP contribution in [-0.4, -0.2) is 10.3 Å². The normalized spacial score (nSPS) is 19.4. The predicted octanol–water partition coefficient (Wildman–Crippen LogP) is 5.83. The summed E-state index contributed by atoms with van der Waals surface area (Å²) >= 11 is 0. The molecule has 0 saturated heterocycles. The molecule has 0 heterocycles. The molecule has 98 valence electrons. The molecule has 0 aromatic heterocycles. The van der Waals surface area contributed by atoms with E-state index in [4.69, 9.17) is 0 Å². The van der Waals surface area contributed by atoms with Crippen molar-refractivity contribution in [3.05, 3.63) is 41.5 Å². The summed E-state index contributed by atoms with van der Waals surface area (Å²) in [6.45, 7) is 14.4. The highest BCUT2D eigenvalue weighted by Crippen LogP contribution is 2.69. The van der Waals surface area contributed by atoms with Gasteiger partial charge in [-0.1, -0.05) is 85.9 Å². The number of allylic oxidation sites excluding steroid dienone is 1. The maximum atomic E-state index is 2.44. The van der Waals surface area contributed by atoms with Crippen LogP contribution in [0.2, 0.25) is 0 Å². The first-order valence-corrected chi connectivity index (χ1v) is 8.19. The molecule has 0 aliphatic heterocycles. The molecule has 1 aromatic carbocycles. The lowest BCUT2D eigenvalue weighted by Crippen LogP contribution is -2.27. The highest BCUT2D eigenvalue weighted by atomic mass is 31.1. The minimum Gasteiger partial charge on any atom is -0.0840 e. The molecule has 1 unspecified atom stereocenters. The van der Waals surface area contributed by atoms with Crippen molar-refractivity contribution in [3.8, 4) is 0 Å². The molecule has 1 heteroatoms. The first-order valence-electron chi connectivity index (χ1n) is 6.78. The Morgan fingerprint density at radius 2 is 1.44 bits per heavy atom. The van der Waals surface area contributed by atoms with Crippen molar-refractivity contribution in [1.29, 1.82) is 0 Å². The molecular formula is C17H25P. The molecule has 0 bridgehead atoms. The Balaban J connectivity index is 2.45. The zero-order valence-corrected chi connectivity index (χ0v) is 13.4. The Kier molecular flexibility index (Phi) is 3.45. The van der Waals surface area contributed by atoms with Gasteiger partial charge in [-0.25, -0.2) is 0 Å². The number of fused-ring (bicyclic) bond motifs is 1. The van der Waals surface area contributed by atoms with E-state index in [1.807, 2.05) is 0 Å². The van der Waals surface area contributed by atoms with Gasteiger partial charge in [-0.2, -0.15) is 0 Å². The highest BCUT2D eigenvalue weighted by Gasteiger charge is 2.41. The number of rotatable bonds is 1. The van der Waals surface area contributed by atoms with Crippen LogP contribution in [0.1, 0.15) is 58.3 Å². The van der Waals surface area contributed by atoms with Crippen LogP contribution < -0.4 is 0 Å². The Morgan fingerprint density at radius 1 is 0.889 bits per heavy atom. The van der Waals surface area contributed by atoms with E-state index in [0.717, 1.165) is 0 Å². The monoisotopic (exact) mass is 260 g/mol. The molecule has 0 spiro atoms. The van der Waals surface area contributed by atoms with E-state index in [9.17, 15) is 0 Å². The van der Waals surface area contributed by atoms with Crippen LogP contribution in [0, 0.1) is 0 Å². The van der Waals surface area contributed by atoms with Crippen molar-refractivity contribution in [2.24, 2.45) is 0 Å². The first kappa shape index (κ1) is 13.8. The van der Waals surface area contributed by atoms with Gasteiger partial charge in [-0.15, -0.1) is 0 Å². The van der Waals surface area contributed by atoms with Crippen molar-refractivity contribution in [2.75, 3.05) is 0 Å². The Labute approximate surface area is 113 Å². The molecule has 1 aliphatic rings. The summed E-state index contributed by atoms with van der Waals surface area (Å²) in [6.07, 6.45) is 4.75. The molecule has 0 N–H and O–H groups in total. The minimum absolute atomic E-state index is 0.117. The van der Waals surface area contributed by atoms with Crippen molar-refractivity contribution < 1.29 is 0 Å². The van der Waals surface area contributed by atoms with Crippen LogP contribution in [0.25, 0.3) is 6.08 Å². The second kappa shape index (κ2) is 4.49. The van der Waals surface area contributed by atoms with Gasteiger partial charge in [0.05, 0.1) is 0 Å². The average Bonchev–Trinajstić information content (AvgIpc) is 2.58. The van der Waals surface area contributed by atoms with Gasteiger partial charge in [0.1, 0.15) is 0 Å². The van der Waals surface area contributed by atoms with Crippen molar-refractivity contribution >= 4 is 14.0 Å². The summed E-state index contributed by atoms with van der Waals surface area (Å²) in [5.41, 5.74) is 3.58. The lowest BCUT2D eigenvalue weighted by Gasteiger charge is -2.45. The van der Waals surface area contributed by atoms with E-state index < -0.39 is 0 Å². The zero-order valence-electron chi connectivity index (χ0n) is 12.5. The van der Waals surface area contributed by atoms with Gasteiger partial charge in [0, 0.05) is 5.66 Å². The molecular weight excluding hydrogens is 235 g/mol. The molecule has 0 nitrogen and oxygen atoms in total. The van der Waals surface area contributed by atoms with Crippen LogP contribution in [0.3, 0.4) is 0 Å². The predicted molar refractivity (Wildman–Crippen MR) is 84.6 cm³/mol. The number of hydrogen-bond donors (Lipinski definition) is 0. The molecule has 0 amide bonds. The standard InChI is InChI=1S/C17H25P/c1-16(2,3)18(17(4,5)6)15-12-11-13-9-7-8-10-14(13)15/h7-12,15H,1-6H3. The molecule has 1 atom stereocenters. The fourth-order valence-electron chi connectivity index (χ4n) is 3.30. The molecule has 1 aromatic rings. The van der Waals surface area contributed by atoms with E-state index in [2.05, 4.69) is 78.0 Å². The third kappa shape index (κ3) is 2.54. The third-order valence-corrected chi connectivity index (χ3v) is 7.39. The lowest BCUT2D eigenvalue weighted by molar-refractivity contribution is 0.697. The Morgan fingerprint density at radius 3 is 2.00 bits per heavy atom. The van der Waals surface area contributed by atoms with Crippen LogP contribution in [0.4, 0.5) is 0 Å². The molecule has 0 saturated carbocycles. The van der Waals surface area contributed by atoms with E-state index in [0.29, 0.717) is 16.0 Å². The summed E-state index contributed by atoms with van der Waals surface area (Å²) in [5, 5.41) is 0.750. The SMILES string of the molecule is CC(C)(C)P(C1C=Cc2ccccc21)C(C)(C)C. The Bertz CT molecular complexity index is 443. The quantitative estimate of drug-likeness (QED) is 0.557. The highest BCUT2D eigenvalue weighted by molar-refractivity contribution is 7.61. The second-order valence-electron chi connectivity index (χ2n) is 7.14.